The first-order chi connectivity index (χ1) is 17.8. The van der Waals surface area contributed by atoms with Gasteiger partial charge in [-0.05, 0) is 109 Å². The van der Waals surface area contributed by atoms with Gasteiger partial charge in [0.15, 0.2) is 0 Å². The highest BCUT2D eigenvalue weighted by molar-refractivity contribution is 5.49. The van der Waals surface area contributed by atoms with Crippen LogP contribution >= 0.6 is 0 Å². The van der Waals surface area contributed by atoms with Gasteiger partial charge < -0.3 is 20.1 Å². The fourth-order valence-electron chi connectivity index (χ4n) is 5.98. The molecule has 4 aromatic rings. The molecule has 0 fully saturated rings. The SMILES string of the molecule is c1cc2cc(c1)Oc1ccc(cc1)CC1NCCc3ccc(cc31)Oc1cccc3c1C(C2)NCC3. The van der Waals surface area contributed by atoms with Crippen molar-refractivity contribution in [2.45, 2.75) is 37.8 Å². The van der Waals surface area contributed by atoms with Crippen molar-refractivity contribution in [3.63, 3.8) is 0 Å². The minimum atomic E-state index is 0.186. The van der Waals surface area contributed by atoms with Gasteiger partial charge in [0.25, 0.3) is 0 Å². The predicted molar refractivity (Wildman–Crippen MR) is 142 cm³/mol. The van der Waals surface area contributed by atoms with E-state index in [9.17, 15) is 0 Å². The second-order valence-electron chi connectivity index (χ2n) is 10.1. The van der Waals surface area contributed by atoms with Gasteiger partial charge >= 0.3 is 0 Å². The van der Waals surface area contributed by atoms with Gasteiger partial charge in [-0.15, -0.1) is 0 Å². The third-order valence-corrected chi connectivity index (χ3v) is 7.73. The normalized spacial score (nSPS) is 20.3. The van der Waals surface area contributed by atoms with E-state index in [2.05, 4.69) is 89.5 Å². The van der Waals surface area contributed by atoms with E-state index in [-0.39, 0.29) is 12.1 Å². The number of hydrogen-bond donors (Lipinski definition) is 2. The Bertz CT molecular complexity index is 1410. The Morgan fingerprint density at radius 1 is 0.583 bits per heavy atom. The fourth-order valence-corrected chi connectivity index (χ4v) is 5.98. The molecule has 0 aromatic heterocycles. The summed E-state index contributed by atoms with van der Waals surface area (Å²) >= 11 is 0. The Balaban J connectivity index is 1.35. The summed E-state index contributed by atoms with van der Waals surface area (Å²) < 4.78 is 12.9. The molecule has 36 heavy (non-hydrogen) atoms. The van der Waals surface area contributed by atoms with E-state index in [0.717, 1.165) is 61.8 Å². The lowest BCUT2D eigenvalue weighted by molar-refractivity contribution is 0.434. The number of hydrogen-bond acceptors (Lipinski definition) is 4. The van der Waals surface area contributed by atoms with Crippen LogP contribution in [0.3, 0.4) is 0 Å². The minimum Gasteiger partial charge on any atom is -0.457 e. The van der Waals surface area contributed by atoms with Crippen molar-refractivity contribution in [2.24, 2.45) is 0 Å². The van der Waals surface area contributed by atoms with E-state index in [0.29, 0.717) is 0 Å². The Labute approximate surface area is 212 Å². The fraction of sp³-hybridized carbons (Fsp3) is 0.250. The number of ether oxygens (including phenoxy) is 2. The first kappa shape index (κ1) is 21.7. The molecule has 0 radical (unpaired) electrons. The van der Waals surface area contributed by atoms with E-state index in [1.165, 1.54) is 33.4 Å². The molecule has 0 aliphatic carbocycles. The average Bonchev–Trinajstić information content (AvgIpc) is 2.90. The zero-order valence-corrected chi connectivity index (χ0v) is 20.3. The summed E-state index contributed by atoms with van der Waals surface area (Å²) in [5.74, 6) is 3.60. The molecule has 4 aromatic carbocycles. The third kappa shape index (κ3) is 4.17. The number of benzene rings is 4. The van der Waals surface area contributed by atoms with Crippen LogP contribution < -0.4 is 20.1 Å². The molecule has 0 saturated heterocycles. The zero-order chi connectivity index (χ0) is 23.9. The molecule has 4 aliphatic rings. The number of rotatable bonds is 0. The molecule has 4 heteroatoms. The maximum atomic E-state index is 6.65. The molecular weight excluding hydrogens is 444 g/mol. The Hall–Kier alpha value is -3.60. The van der Waals surface area contributed by atoms with Crippen LogP contribution in [0.25, 0.3) is 0 Å². The first-order valence-electron chi connectivity index (χ1n) is 13.0. The van der Waals surface area contributed by atoms with Gasteiger partial charge in [-0.25, -0.2) is 0 Å². The smallest absolute Gasteiger partial charge is 0.132 e. The van der Waals surface area contributed by atoms with E-state index >= 15 is 0 Å². The molecule has 2 atom stereocenters. The molecule has 4 heterocycles. The second-order valence-corrected chi connectivity index (χ2v) is 10.1. The van der Waals surface area contributed by atoms with Crippen LogP contribution in [0.15, 0.2) is 84.9 Å². The maximum absolute atomic E-state index is 6.65. The standard InChI is InChI=1S/C32H30N2O2/c1-3-22-17-26(5-1)35-25-10-7-21(8-11-25)18-29-28-20-27(12-9-23(28)13-15-33-29)36-31-6-2-4-24-14-16-34-30(19-22)32(24)31/h1-12,17,20,29-30,33-34H,13-16,18-19H2. The Morgan fingerprint density at radius 2 is 1.33 bits per heavy atom. The summed E-state index contributed by atoms with van der Waals surface area (Å²) in [4.78, 5) is 0. The Morgan fingerprint density at radius 3 is 2.25 bits per heavy atom. The molecule has 6 bridgehead atoms. The van der Waals surface area contributed by atoms with Crippen LogP contribution in [0.4, 0.5) is 0 Å². The van der Waals surface area contributed by atoms with Gasteiger partial charge in [-0.2, -0.15) is 0 Å². The molecule has 2 N–H and O–H groups in total. The topological polar surface area (TPSA) is 42.5 Å². The second kappa shape index (κ2) is 9.12. The van der Waals surface area contributed by atoms with Crippen molar-refractivity contribution in [2.75, 3.05) is 13.1 Å². The van der Waals surface area contributed by atoms with Gasteiger partial charge in [0.05, 0.1) is 0 Å². The van der Waals surface area contributed by atoms with Gasteiger partial charge in [0.2, 0.25) is 0 Å². The molecule has 0 spiro atoms. The summed E-state index contributed by atoms with van der Waals surface area (Å²) in [6.07, 6.45) is 3.86. The molecule has 8 rings (SSSR count). The molecule has 0 saturated carbocycles. The molecular formula is C32H30N2O2. The largest absolute Gasteiger partial charge is 0.457 e. The van der Waals surface area contributed by atoms with Gasteiger partial charge in [-0.1, -0.05) is 42.5 Å². The number of nitrogens with one attached hydrogen (secondary N) is 2. The molecule has 180 valence electrons. The van der Waals surface area contributed by atoms with Crippen molar-refractivity contribution in [1.29, 1.82) is 0 Å². The van der Waals surface area contributed by atoms with Crippen molar-refractivity contribution in [3.05, 3.63) is 118 Å². The summed E-state index contributed by atoms with van der Waals surface area (Å²) in [6.45, 7) is 1.96. The lowest BCUT2D eigenvalue weighted by atomic mass is 9.89. The van der Waals surface area contributed by atoms with E-state index in [1.807, 2.05) is 6.07 Å². The maximum Gasteiger partial charge on any atom is 0.132 e. The molecule has 4 aliphatic heterocycles. The van der Waals surface area contributed by atoms with Crippen LogP contribution in [0.1, 0.15) is 45.5 Å². The van der Waals surface area contributed by atoms with E-state index < -0.39 is 0 Å². The summed E-state index contributed by atoms with van der Waals surface area (Å²) in [7, 11) is 0. The van der Waals surface area contributed by atoms with E-state index in [4.69, 9.17) is 9.47 Å². The third-order valence-electron chi connectivity index (χ3n) is 7.73. The molecule has 0 amide bonds. The van der Waals surface area contributed by atoms with Crippen LogP contribution in [0.2, 0.25) is 0 Å². The lowest BCUT2D eigenvalue weighted by Gasteiger charge is -2.30. The highest BCUT2D eigenvalue weighted by atomic mass is 16.5. The first-order valence-corrected chi connectivity index (χ1v) is 13.0. The van der Waals surface area contributed by atoms with E-state index in [1.54, 1.807) is 0 Å². The quantitative estimate of drug-likeness (QED) is 0.308. The van der Waals surface area contributed by atoms with Gasteiger partial charge in [-0.3, -0.25) is 0 Å². The highest BCUT2D eigenvalue weighted by Crippen LogP contribution is 2.38. The average molecular weight is 475 g/mol. The van der Waals surface area contributed by atoms with Crippen LogP contribution in [-0.4, -0.2) is 13.1 Å². The minimum absolute atomic E-state index is 0.186. The monoisotopic (exact) mass is 474 g/mol. The van der Waals surface area contributed by atoms with Crippen molar-refractivity contribution >= 4 is 0 Å². The van der Waals surface area contributed by atoms with Crippen LogP contribution in [-0.2, 0) is 25.7 Å². The van der Waals surface area contributed by atoms with Crippen molar-refractivity contribution in [1.82, 2.24) is 10.6 Å². The molecule has 2 unspecified atom stereocenters. The van der Waals surface area contributed by atoms with Crippen LogP contribution in [0, 0.1) is 0 Å². The highest BCUT2D eigenvalue weighted by Gasteiger charge is 2.26. The van der Waals surface area contributed by atoms with Gasteiger partial charge in [0.1, 0.15) is 23.0 Å². The predicted octanol–water partition coefficient (Wildman–Crippen LogP) is 6.44. The van der Waals surface area contributed by atoms with Gasteiger partial charge in [0, 0.05) is 17.6 Å². The Kier molecular flexibility index (Phi) is 5.49. The van der Waals surface area contributed by atoms with Crippen molar-refractivity contribution < 1.29 is 9.47 Å². The zero-order valence-electron chi connectivity index (χ0n) is 20.3. The summed E-state index contributed by atoms with van der Waals surface area (Å²) in [5.41, 5.74) is 7.93. The van der Waals surface area contributed by atoms with Crippen molar-refractivity contribution in [3.8, 4) is 23.0 Å². The number of fused-ring (bicyclic) bond motifs is 2. The summed E-state index contributed by atoms with van der Waals surface area (Å²) in [5, 5.41) is 7.49. The summed E-state index contributed by atoms with van der Waals surface area (Å²) in [6, 6.07) is 30.6. The van der Waals surface area contributed by atoms with Crippen LogP contribution in [0.5, 0.6) is 23.0 Å². The lowest BCUT2D eigenvalue weighted by Crippen LogP contribution is -2.31. The molecule has 4 nitrogen and oxygen atoms in total.